The van der Waals surface area contributed by atoms with Gasteiger partial charge in [0.1, 0.15) is 11.2 Å². The van der Waals surface area contributed by atoms with Gasteiger partial charge in [0, 0.05) is 49.2 Å². The van der Waals surface area contributed by atoms with Gasteiger partial charge in [-0.2, -0.15) is 0 Å². The number of hydrogen-bond acceptors (Lipinski definition) is 4. The van der Waals surface area contributed by atoms with E-state index < -0.39 is 0 Å². The lowest BCUT2D eigenvalue weighted by Gasteiger charge is -2.12. The van der Waals surface area contributed by atoms with Crippen molar-refractivity contribution < 1.29 is 4.42 Å². The summed E-state index contributed by atoms with van der Waals surface area (Å²) in [6.07, 6.45) is 0. The highest BCUT2D eigenvalue weighted by Gasteiger charge is 2.19. The Bertz CT molecular complexity index is 3630. The molecule has 3 aromatic heterocycles. The number of pyridine rings is 1. The fourth-order valence-corrected chi connectivity index (χ4v) is 8.83. The van der Waals surface area contributed by atoms with Crippen LogP contribution in [0.25, 0.3) is 122 Å². The van der Waals surface area contributed by atoms with E-state index in [0.717, 1.165) is 99.6 Å². The highest BCUT2D eigenvalue weighted by molar-refractivity contribution is 6.28. The molecule has 0 spiro atoms. The van der Waals surface area contributed by atoms with Gasteiger partial charge in [0.2, 0.25) is 0 Å². The summed E-state index contributed by atoms with van der Waals surface area (Å²) in [5, 5.41) is 7.95. The molecule has 0 fully saturated rings. The molecule has 0 saturated heterocycles. The van der Waals surface area contributed by atoms with Crippen LogP contribution < -0.4 is 0 Å². The number of fused-ring (bicyclic) bond motifs is 8. The molecule has 12 aromatic rings. The van der Waals surface area contributed by atoms with E-state index in [0.29, 0.717) is 5.82 Å². The zero-order chi connectivity index (χ0) is 40.3. The Labute approximate surface area is 352 Å². The van der Waals surface area contributed by atoms with Gasteiger partial charge in [0.25, 0.3) is 0 Å². The van der Waals surface area contributed by atoms with Crippen LogP contribution >= 0.6 is 0 Å². The molecule has 0 saturated carbocycles. The molecule has 4 nitrogen and oxygen atoms in total. The van der Waals surface area contributed by atoms with Gasteiger partial charge in [-0.1, -0.05) is 164 Å². The highest BCUT2D eigenvalue weighted by Crippen LogP contribution is 2.43. The molecular formula is C57H35N3O. The maximum atomic E-state index is 6.57. The molecule has 0 atom stereocenters. The number of aromatic nitrogens is 3. The lowest BCUT2D eigenvalue weighted by Crippen LogP contribution is -1.96. The summed E-state index contributed by atoms with van der Waals surface area (Å²) in [5.41, 5.74) is 14.0. The van der Waals surface area contributed by atoms with Crippen LogP contribution in [-0.4, -0.2) is 15.0 Å². The predicted molar refractivity (Wildman–Crippen MR) is 252 cm³/mol. The summed E-state index contributed by atoms with van der Waals surface area (Å²) in [7, 11) is 0. The third kappa shape index (κ3) is 6.12. The zero-order valence-corrected chi connectivity index (χ0v) is 33.0. The van der Waals surface area contributed by atoms with Gasteiger partial charge >= 0.3 is 0 Å². The summed E-state index contributed by atoms with van der Waals surface area (Å²) in [5.74, 6) is 0.693. The van der Waals surface area contributed by atoms with E-state index in [-0.39, 0.29) is 0 Å². The topological polar surface area (TPSA) is 51.8 Å². The number of benzene rings is 9. The largest absolute Gasteiger partial charge is 0.456 e. The van der Waals surface area contributed by atoms with Crippen molar-refractivity contribution in [3.63, 3.8) is 0 Å². The van der Waals surface area contributed by atoms with Crippen molar-refractivity contribution in [3.05, 3.63) is 212 Å². The van der Waals surface area contributed by atoms with E-state index in [1.165, 1.54) is 16.3 Å². The van der Waals surface area contributed by atoms with Crippen LogP contribution in [0.4, 0.5) is 0 Å². The number of nitrogens with zero attached hydrogens (tertiary/aromatic N) is 3. The van der Waals surface area contributed by atoms with E-state index in [9.17, 15) is 0 Å². The monoisotopic (exact) mass is 777 g/mol. The maximum absolute atomic E-state index is 6.57. The molecule has 0 bridgehead atoms. The summed E-state index contributed by atoms with van der Waals surface area (Å²) < 4.78 is 6.57. The normalized spacial score (nSPS) is 11.6. The van der Waals surface area contributed by atoms with Gasteiger partial charge in [-0.3, -0.25) is 0 Å². The molecular weight excluding hydrogens is 743 g/mol. The summed E-state index contributed by atoms with van der Waals surface area (Å²) in [6.45, 7) is 0. The van der Waals surface area contributed by atoms with E-state index in [1.54, 1.807) is 0 Å². The molecule has 61 heavy (non-hydrogen) atoms. The minimum Gasteiger partial charge on any atom is -0.456 e. The minimum absolute atomic E-state index is 0.693. The summed E-state index contributed by atoms with van der Waals surface area (Å²) >= 11 is 0. The molecule has 0 aliphatic heterocycles. The Morgan fingerprint density at radius 3 is 1.74 bits per heavy atom. The Balaban J connectivity index is 0.972. The van der Waals surface area contributed by atoms with Crippen molar-refractivity contribution in [2.24, 2.45) is 0 Å². The number of para-hydroxylation sites is 1. The van der Waals surface area contributed by atoms with Crippen molar-refractivity contribution in [1.29, 1.82) is 0 Å². The van der Waals surface area contributed by atoms with Crippen LogP contribution in [0.5, 0.6) is 0 Å². The van der Waals surface area contributed by atoms with E-state index in [1.807, 2.05) is 24.3 Å². The highest BCUT2D eigenvalue weighted by atomic mass is 16.3. The second-order valence-electron chi connectivity index (χ2n) is 15.6. The van der Waals surface area contributed by atoms with Crippen molar-refractivity contribution in [1.82, 2.24) is 15.0 Å². The van der Waals surface area contributed by atoms with Crippen molar-refractivity contribution in [2.75, 3.05) is 0 Å². The van der Waals surface area contributed by atoms with Crippen LogP contribution in [-0.2, 0) is 0 Å². The smallest absolute Gasteiger partial charge is 0.160 e. The molecule has 4 heteroatoms. The zero-order valence-electron chi connectivity index (χ0n) is 33.0. The molecule has 0 unspecified atom stereocenters. The van der Waals surface area contributed by atoms with Gasteiger partial charge in [-0.25, -0.2) is 15.0 Å². The molecule has 0 aliphatic rings. The molecule has 12 rings (SSSR count). The first-order chi connectivity index (χ1) is 30.2. The fraction of sp³-hybridized carbons (Fsp3) is 0. The van der Waals surface area contributed by atoms with Crippen LogP contribution in [0, 0.1) is 0 Å². The second kappa shape index (κ2) is 14.3. The minimum atomic E-state index is 0.693. The van der Waals surface area contributed by atoms with Crippen molar-refractivity contribution in [2.45, 2.75) is 0 Å². The molecule has 0 N–H and O–H groups in total. The summed E-state index contributed by atoms with van der Waals surface area (Å²) in [4.78, 5) is 15.5. The third-order valence-electron chi connectivity index (χ3n) is 11.9. The molecule has 284 valence electrons. The first-order valence-corrected chi connectivity index (χ1v) is 20.6. The molecule has 0 amide bonds. The van der Waals surface area contributed by atoms with Gasteiger partial charge in [-0.15, -0.1) is 0 Å². The van der Waals surface area contributed by atoms with Gasteiger partial charge in [0.05, 0.1) is 22.6 Å². The van der Waals surface area contributed by atoms with Crippen LogP contribution in [0.2, 0.25) is 0 Å². The Hall–Kier alpha value is -8.21. The maximum Gasteiger partial charge on any atom is 0.160 e. The van der Waals surface area contributed by atoms with E-state index >= 15 is 0 Å². The van der Waals surface area contributed by atoms with Gasteiger partial charge in [0.15, 0.2) is 5.82 Å². The van der Waals surface area contributed by atoms with Gasteiger partial charge < -0.3 is 4.42 Å². The first kappa shape index (κ1) is 34.8. The number of furan rings is 1. The molecule has 0 radical (unpaired) electrons. The van der Waals surface area contributed by atoms with E-state index in [2.05, 4.69) is 188 Å². The first-order valence-electron chi connectivity index (χ1n) is 20.6. The van der Waals surface area contributed by atoms with Crippen LogP contribution in [0.3, 0.4) is 0 Å². The number of hydrogen-bond donors (Lipinski definition) is 0. The summed E-state index contributed by atoms with van der Waals surface area (Å²) in [6, 6.07) is 74.4. The van der Waals surface area contributed by atoms with Crippen molar-refractivity contribution >= 4 is 54.4 Å². The Kier molecular flexibility index (Phi) is 8.13. The molecule has 0 aliphatic carbocycles. The Morgan fingerprint density at radius 1 is 0.295 bits per heavy atom. The van der Waals surface area contributed by atoms with Crippen molar-refractivity contribution in [3.8, 4) is 67.4 Å². The number of rotatable bonds is 6. The lowest BCUT2D eigenvalue weighted by atomic mass is 9.94. The Morgan fingerprint density at radius 2 is 0.902 bits per heavy atom. The fourth-order valence-electron chi connectivity index (χ4n) is 8.83. The standard InChI is InChI=1S/C57H35N3O/c1-3-12-36(13-4-1)42-18-11-19-44(32-42)51-35-50(59-57(60-51)40-15-5-2-6-16-40)39-25-22-38(23-26-39)43-28-30-52-48(34-43)55-53(61-52)31-29-47-54(55)46-20-9-10-21-49(46)58-56(47)45-27-24-37-14-7-8-17-41(37)33-45/h1-35H. The average molecular weight is 778 g/mol. The molecule has 9 aromatic carbocycles. The third-order valence-corrected chi connectivity index (χ3v) is 11.9. The quantitative estimate of drug-likeness (QED) is 0.158. The predicted octanol–water partition coefficient (Wildman–Crippen LogP) is 15.2. The van der Waals surface area contributed by atoms with Crippen LogP contribution in [0.15, 0.2) is 217 Å². The average Bonchev–Trinajstić information content (AvgIpc) is 3.72. The lowest BCUT2D eigenvalue weighted by molar-refractivity contribution is 0.669. The SMILES string of the molecule is c1ccc(-c2cccc(-c3cc(-c4ccc(-c5ccc6oc7ccc8c(-c9ccc%10ccccc%10c9)nc9ccccc9c8c7c6c5)cc4)nc(-c4ccccc4)n3)c2)cc1. The van der Waals surface area contributed by atoms with Crippen LogP contribution in [0.1, 0.15) is 0 Å². The molecule has 3 heterocycles. The van der Waals surface area contributed by atoms with Gasteiger partial charge in [-0.05, 0) is 81.6 Å². The second-order valence-corrected chi connectivity index (χ2v) is 15.6. The van der Waals surface area contributed by atoms with E-state index in [4.69, 9.17) is 19.4 Å².